The molecule has 0 aliphatic carbocycles. The van der Waals surface area contributed by atoms with Crippen molar-refractivity contribution in [2.45, 2.75) is 26.1 Å². The Morgan fingerprint density at radius 1 is 0.938 bits per heavy atom. The minimum atomic E-state index is -4.75. The average Bonchev–Trinajstić information content (AvgIpc) is 3.04. The number of nitrogens with one attached hydrogen (secondary N) is 2. The highest BCUT2D eigenvalue weighted by molar-refractivity contribution is 6.00. The van der Waals surface area contributed by atoms with Crippen LogP contribution in [-0.4, -0.2) is 49.5 Å². The van der Waals surface area contributed by atoms with Gasteiger partial charge in [0.25, 0.3) is 0 Å². The molecule has 0 aliphatic rings. The van der Waals surface area contributed by atoms with Crippen molar-refractivity contribution in [1.29, 1.82) is 0 Å². The monoisotopic (exact) mass is 666 g/mol. The predicted octanol–water partition coefficient (Wildman–Crippen LogP) is 7.09. The van der Waals surface area contributed by atoms with Crippen LogP contribution >= 0.6 is 0 Å². The van der Waals surface area contributed by atoms with E-state index in [1.807, 2.05) is 24.3 Å². The summed E-state index contributed by atoms with van der Waals surface area (Å²) < 4.78 is 72.7. The standard InChI is InChI=1S/C35H34F4N4O5/c1-5-47-31-19-34(48-21-22-6-10-28(46-4)11-7-22)40-20-29(31)23-8-9-24(30(36)14-23)15-33(45)42-27-17-25(35(37,38)39)16-26(18-27)41-32(44)12-13-43(2)3/h6-14,16-20H,5,15,21H2,1-4H3,(H,41,44)(H,42,45). The first kappa shape index (κ1) is 35.3. The maximum absolute atomic E-state index is 15.3. The van der Waals surface area contributed by atoms with Crippen LogP contribution in [0.2, 0.25) is 0 Å². The summed E-state index contributed by atoms with van der Waals surface area (Å²) in [6.45, 7) is 2.37. The third-order valence-corrected chi connectivity index (χ3v) is 6.74. The van der Waals surface area contributed by atoms with E-state index in [1.165, 1.54) is 30.6 Å². The molecule has 0 unspecified atom stereocenters. The molecule has 2 N–H and O–H groups in total. The molecule has 0 aliphatic heterocycles. The van der Waals surface area contributed by atoms with Crippen LogP contribution in [0.3, 0.4) is 0 Å². The molecule has 2 amide bonds. The number of halogens is 4. The highest BCUT2D eigenvalue weighted by atomic mass is 19.4. The van der Waals surface area contributed by atoms with Gasteiger partial charge < -0.3 is 29.7 Å². The number of alkyl halides is 3. The number of hydrogen-bond acceptors (Lipinski definition) is 7. The van der Waals surface area contributed by atoms with Crippen LogP contribution in [-0.2, 0) is 28.8 Å². The van der Waals surface area contributed by atoms with Gasteiger partial charge in [0.2, 0.25) is 17.7 Å². The summed E-state index contributed by atoms with van der Waals surface area (Å²) >= 11 is 0. The highest BCUT2D eigenvalue weighted by Crippen LogP contribution is 2.35. The second-order valence-electron chi connectivity index (χ2n) is 10.7. The summed E-state index contributed by atoms with van der Waals surface area (Å²) in [6, 6.07) is 15.8. The summed E-state index contributed by atoms with van der Waals surface area (Å²) in [6.07, 6.45) is -1.16. The lowest BCUT2D eigenvalue weighted by molar-refractivity contribution is -0.137. The van der Waals surface area contributed by atoms with Crippen molar-refractivity contribution in [3.8, 4) is 28.5 Å². The maximum Gasteiger partial charge on any atom is 0.416 e. The zero-order valence-electron chi connectivity index (χ0n) is 26.7. The van der Waals surface area contributed by atoms with E-state index < -0.39 is 35.8 Å². The van der Waals surface area contributed by atoms with Gasteiger partial charge in [-0.15, -0.1) is 0 Å². The average molecular weight is 667 g/mol. The first-order chi connectivity index (χ1) is 22.8. The van der Waals surface area contributed by atoms with E-state index in [1.54, 1.807) is 45.2 Å². The van der Waals surface area contributed by atoms with Crippen molar-refractivity contribution < 1.29 is 41.4 Å². The Hall–Kier alpha value is -5.59. The Balaban J connectivity index is 1.47. The highest BCUT2D eigenvalue weighted by Gasteiger charge is 2.31. The lowest BCUT2D eigenvalue weighted by atomic mass is 10.0. The van der Waals surface area contributed by atoms with Gasteiger partial charge in [-0.3, -0.25) is 9.59 Å². The number of benzene rings is 3. The third kappa shape index (κ3) is 9.95. The van der Waals surface area contributed by atoms with E-state index >= 15 is 4.39 Å². The van der Waals surface area contributed by atoms with Gasteiger partial charge in [-0.1, -0.05) is 24.3 Å². The number of hydrogen-bond donors (Lipinski definition) is 2. The Labute approximate surface area is 275 Å². The van der Waals surface area contributed by atoms with Gasteiger partial charge in [-0.25, -0.2) is 9.37 Å². The fourth-order valence-corrected chi connectivity index (χ4v) is 4.44. The van der Waals surface area contributed by atoms with E-state index in [0.717, 1.165) is 29.5 Å². The van der Waals surface area contributed by atoms with Gasteiger partial charge in [0.05, 0.1) is 25.7 Å². The maximum atomic E-state index is 15.3. The summed E-state index contributed by atoms with van der Waals surface area (Å²) in [5, 5.41) is 4.72. The Bertz CT molecular complexity index is 1780. The zero-order chi connectivity index (χ0) is 34.8. The van der Waals surface area contributed by atoms with Crippen LogP contribution in [0.15, 0.2) is 85.2 Å². The number of aromatic nitrogens is 1. The normalized spacial score (nSPS) is 11.2. The topological polar surface area (TPSA) is 102 Å². The van der Waals surface area contributed by atoms with Crippen molar-refractivity contribution in [2.75, 3.05) is 38.4 Å². The molecule has 252 valence electrons. The summed E-state index contributed by atoms with van der Waals surface area (Å²) in [7, 11) is 4.93. The number of rotatable bonds is 13. The fraction of sp³-hybridized carbons (Fsp3) is 0.229. The number of ether oxygens (including phenoxy) is 3. The summed E-state index contributed by atoms with van der Waals surface area (Å²) in [4.78, 5) is 30.9. The van der Waals surface area contributed by atoms with E-state index in [0.29, 0.717) is 29.4 Å². The molecule has 3 aromatic carbocycles. The molecule has 0 bridgehead atoms. The molecule has 0 saturated carbocycles. The number of pyridine rings is 1. The first-order valence-electron chi connectivity index (χ1n) is 14.7. The molecule has 0 spiro atoms. The number of anilines is 2. The molecule has 0 atom stereocenters. The predicted molar refractivity (Wildman–Crippen MR) is 173 cm³/mol. The third-order valence-electron chi connectivity index (χ3n) is 6.74. The smallest absolute Gasteiger partial charge is 0.416 e. The Morgan fingerprint density at radius 3 is 2.27 bits per heavy atom. The minimum Gasteiger partial charge on any atom is -0.497 e. The number of amides is 2. The first-order valence-corrected chi connectivity index (χ1v) is 14.7. The molecule has 9 nitrogen and oxygen atoms in total. The Morgan fingerprint density at radius 2 is 1.65 bits per heavy atom. The van der Waals surface area contributed by atoms with Crippen LogP contribution in [0.25, 0.3) is 11.1 Å². The lowest BCUT2D eigenvalue weighted by Gasteiger charge is -2.14. The molecule has 48 heavy (non-hydrogen) atoms. The summed E-state index contributed by atoms with van der Waals surface area (Å²) in [5.74, 6) is -0.711. The van der Waals surface area contributed by atoms with Crippen molar-refractivity contribution >= 4 is 23.2 Å². The Kier molecular flexibility index (Phi) is 11.6. The van der Waals surface area contributed by atoms with Crippen molar-refractivity contribution in [3.05, 3.63) is 108 Å². The number of methoxy groups -OCH3 is 1. The van der Waals surface area contributed by atoms with Gasteiger partial charge in [0.15, 0.2) is 0 Å². The fourth-order valence-electron chi connectivity index (χ4n) is 4.44. The van der Waals surface area contributed by atoms with Gasteiger partial charge in [-0.2, -0.15) is 13.2 Å². The molecule has 0 fully saturated rings. The van der Waals surface area contributed by atoms with Gasteiger partial charge in [-0.05, 0) is 60.0 Å². The van der Waals surface area contributed by atoms with Gasteiger partial charge >= 0.3 is 6.18 Å². The molecule has 0 saturated heterocycles. The minimum absolute atomic E-state index is 0.0101. The molecule has 13 heteroatoms. The number of carbonyl (C=O) groups excluding carboxylic acids is 2. The second-order valence-corrected chi connectivity index (χ2v) is 10.7. The van der Waals surface area contributed by atoms with Crippen molar-refractivity contribution in [3.63, 3.8) is 0 Å². The van der Waals surface area contributed by atoms with E-state index in [4.69, 9.17) is 14.2 Å². The molecular formula is C35H34F4N4O5. The molecule has 0 radical (unpaired) electrons. The van der Waals surface area contributed by atoms with E-state index in [-0.39, 0.29) is 23.5 Å². The SMILES string of the molecule is CCOc1cc(OCc2ccc(OC)cc2)ncc1-c1ccc(CC(=O)Nc2cc(NC(=O)C=CN(C)C)cc(C(F)(F)F)c2)c(F)c1. The lowest BCUT2D eigenvalue weighted by Crippen LogP contribution is -2.17. The molecule has 1 aromatic heterocycles. The van der Waals surface area contributed by atoms with Crippen LogP contribution in [0, 0.1) is 5.82 Å². The quantitative estimate of drug-likeness (QED) is 0.116. The van der Waals surface area contributed by atoms with Crippen LogP contribution < -0.4 is 24.8 Å². The second kappa shape index (κ2) is 15.8. The molecule has 1 heterocycles. The van der Waals surface area contributed by atoms with Gasteiger partial charge in [0.1, 0.15) is 23.9 Å². The van der Waals surface area contributed by atoms with Gasteiger partial charge in [0, 0.05) is 55.6 Å². The zero-order valence-corrected chi connectivity index (χ0v) is 26.7. The van der Waals surface area contributed by atoms with Crippen molar-refractivity contribution in [2.24, 2.45) is 0 Å². The number of carbonyl (C=O) groups is 2. The van der Waals surface area contributed by atoms with Crippen molar-refractivity contribution in [1.82, 2.24) is 9.88 Å². The van der Waals surface area contributed by atoms with E-state index in [9.17, 15) is 22.8 Å². The molecule has 4 rings (SSSR count). The number of nitrogens with zero attached hydrogens (tertiary/aromatic N) is 2. The van der Waals surface area contributed by atoms with Crippen LogP contribution in [0.4, 0.5) is 28.9 Å². The molecule has 4 aromatic rings. The largest absolute Gasteiger partial charge is 0.497 e. The van der Waals surface area contributed by atoms with Crippen LogP contribution in [0.1, 0.15) is 23.6 Å². The molecular weight excluding hydrogens is 632 g/mol. The van der Waals surface area contributed by atoms with Crippen LogP contribution in [0.5, 0.6) is 17.4 Å². The summed E-state index contributed by atoms with van der Waals surface area (Å²) in [5.41, 5.74) is 0.336. The van der Waals surface area contributed by atoms with E-state index in [2.05, 4.69) is 15.6 Å².